The summed E-state index contributed by atoms with van der Waals surface area (Å²) in [6.07, 6.45) is 1.92. The van der Waals surface area contributed by atoms with Crippen molar-refractivity contribution in [3.05, 3.63) is 28.6 Å². The van der Waals surface area contributed by atoms with Gasteiger partial charge in [0.15, 0.2) is 5.75 Å². The van der Waals surface area contributed by atoms with Crippen molar-refractivity contribution in [3.8, 4) is 17.2 Å². The van der Waals surface area contributed by atoms with Crippen LogP contribution in [-0.4, -0.2) is 17.7 Å². The SMILES string of the molecule is CCCCOc1ccc2c(O)c(OC(C)=O)c(=O)oc2c1. The first kappa shape index (κ1) is 14.9. The van der Waals surface area contributed by atoms with Gasteiger partial charge in [0.2, 0.25) is 0 Å². The smallest absolute Gasteiger partial charge is 0.383 e. The van der Waals surface area contributed by atoms with Crippen molar-refractivity contribution >= 4 is 16.9 Å². The minimum absolute atomic E-state index is 0.169. The second-order valence-corrected chi connectivity index (χ2v) is 4.52. The summed E-state index contributed by atoms with van der Waals surface area (Å²) in [5, 5.41) is 10.3. The minimum Gasteiger partial charge on any atom is -0.504 e. The molecule has 0 radical (unpaired) electrons. The van der Waals surface area contributed by atoms with E-state index in [1.54, 1.807) is 12.1 Å². The lowest BCUT2D eigenvalue weighted by atomic mass is 10.2. The molecule has 1 aromatic heterocycles. The van der Waals surface area contributed by atoms with Crippen LogP contribution in [0.4, 0.5) is 0 Å². The maximum Gasteiger partial charge on any atom is 0.383 e. The molecule has 0 unspecified atom stereocenters. The summed E-state index contributed by atoms with van der Waals surface area (Å²) >= 11 is 0. The quantitative estimate of drug-likeness (QED) is 0.518. The van der Waals surface area contributed by atoms with Crippen LogP contribution < -0.4 is 15.1 Å². The first-order chi connectivity index (χ1) is 10.0. The van der Waals surface area contributed by atoms with Crippen LogP contribution in [0.1, 0.15) is 26.7 Å². The number of carbonyl (C=O) groups is 1. The van der Waals surface area contributed by atoms with E-state index in [1.807, 2.05) is 0 Å². The number of hydrogen-bond donors (Lipinski definition) is 1. The Hall–Kier alpha value is -2.50. The van der Waals surface area contributed by atoms with E-state index in [-0.39, 0.29) is 11.0 Å². The summed E-state index contributed by atoms with van der Waals surface area (Å²) in [5.74, 6) is -1.10. The Morgan fingerprint density at radius 3 is 2.81 bits per heavy atom. The van der Waals surface area contributed by atoms with Crippen LogP contribution in [0.5, 0.6) is 17.2 Å². The molecule has 0 aliphatic carbocycles. The molecule has 1 N–H and O–H groups in total. The number of hydrogen-bond acceptors (Lipinski definition) is 6. The molecule has 0 atom stereocenters. The van der Waals surface area contributed by atoms with Gasteiger partial charge in [0.05, 0.1) is 12.0 Å². The zero-order valence-corrected chi connectivity index (χ0v) is 11.8. The fraction of sp³-hybridized carbons (Fsp3) is 0.333. The molecule has 1 heterocycles. The highest BCUT2D eigenvalue weighted by Gasteiger charge is 2.17. The fourth-order valence-corrected chi connectivity index (χ4v) is 1.81. The molecule has 0 spiro atoms. The molecular formula is C15H16O6. The number of esters is 1. The van der Waals surface area contributed by atoms with Gasteiger partial charge in [-0.15, -0.1) is 0 Å². The predicted molar refractivity (Wildman–Crippen MR) is 75.9 cm³/mol. The van der Waals surface area contributed by atoms with Gasteiger partial charge in [-0.3, -0.25) is 4.79 Å². The highest BCUT2D eigenvalue weighted by atomic mass is 16.6. The Morgan fingerprint density at radius 1 is 1.38 bits per heavy atom. The van der Waals surface area contributed by atoms with Crippen molar-refractivity contribution in [1.29, 1.82) is 0 Å². The molecular weight excluding hydrogens is 276 g/mol. The van der Waals surface area contributed by atoms with Gasteiger partial charge < -0.3 is 19.0 Å². The minimum atomic E-state index is -0.916. The number of benzene rings is 1. The van der Waals surface area contributed by atoms with Crippen molar-refractivity contribution in [2.75, 3.05) is 6.61 Å². The van der Waals surface area contributed by atoms with Crippen LogP contribution in [0.25, 0.3) is 11.0 Å². The van der Waals surface area contributed by atoms with E-state index in [0.29, 0.717) is 12.4 Å². The fourth-order valence-electron chi connectivity index (χ4n) is 1.81. The second kappa shape index (κ2) is 6.30. The lowest BCUT2D eigenvalue weighted by molar-refractivity contribution is -0.132. The van der Waals surface area contributed by atoms with Crippen molar-refractivity contribution in [3.63, 3.8) is 0 Å². The van der Waals surface area contributed by atoms with Gasteiger partial charge in [0.1, 0.15) is 11.3 Å². The normalized spacial score (nSPS) is 10.6. The number of carbonyl (C=O) groups excluding carboxylic acids is 1. The Kier molecular flexibility index (Phi) is 4.47. The van der Waals surface area contributed by atoms with Gasteiger partial charge in [-0.2, -0.15) is 0 Å². The molecule has 0 aliphatic heterocycles. The lowest BCUT2D eigenvalue weighted by Crippen LogP contribution is -2.11. The first-order valence-electron chi connectivity index (χ1n) is 6.64. The van der Waals surface area contributed by atoms with E-state index in [4.69, 9.17) is 9.15 Å². The number of aromatic hydroxyl groups is 1. The van der Waals surface area contributed by atoms with Gasteiger partial charge in [-0.05, 0) is 18.6 Å². The molecule has 1 aromatic carbocycles. The molecule has 0 fully saturated rings. The van der Waals surface area contributed by atoms with Gasteiger partial charge in [0.25, 0.3) is 5.75 Å². The number of fused-ring (bicyclic) bond motifs is 1. The molecule has 0 saturated heterocycles. The molecule has 0 aliphatic rings. The molecule has 6 heteroatoms. The summed E-state index contributed by atoms with van der Waals surface area (Å²) in [7, 11) is 0. The average Bonchev–Trinajstić information content (AvgIpc) is 2.43. The van der Waals surface area contributed by atoms with Gasteiger partial charge in [-0.1, -0.05) is 13.3 Å². The third-order valence-corrected chi connectivity index (χ3v) is 2.82. The van der Waals surface area contributed by atoms with Crippen LogP contribution in [0.15, 0.2) is 27.4 Å². The zero-order valence-electron chi connectivity index (χ0n) is 11.8. The summed E-state index contributed by atoms with van der Waals surface area (Å²) < 4.78 is 15.2. The Labute approximate surface area is 120 Å². The number of ether oxygens (including phenoxy) is 2. The third-order valence-electron chi connectivity index (χ3n) is 2.82. The van der Waals surface area contributed by atoms with E-state index in [0.717, 1.165) is 19.8 Å². The molecule has 21 heavy (non-hydrogen) atoms. The first-order valence-corrected chi connectivity index (χ1v) is 6.64. The van der Waals surface area contributed by atoms with Crippen LogP contribution in [0.3, 0.4) is 0 Å². The van der Waals surface area contributed by atoms with E-state index in [1.165, 1.54) is 6.07 Å². The van der Waals surface area contributed by atoms with E-state index in [9.17, 15) is 14.7 Å². The van der Waals surface area contributed by atoms with E-state index >= 15 is 0 Å². The predicted octanol–water partition coefficient (Wildman–Crippen LogP) is 2.60. The molecule has 2 rings (SSSR count). The van der Waals surface area contributed by atoms with Gasteiger partial charge in [0, 0.05) is 13.0 Å². The van der Waals surface area contributed by atoms with Crippen molar-refractivity contribution < 1.29 is 23.8 Å². The topological polar surface area (TPSA) is 86.0 Å². The van der Waals surface area contributed by atoms with Crippen LogP contribution >= 0.6 is 0 Å². The van der Waals surface area contributed by atoms with Crippen LogP contribution in [0.2, 0.25) is 0 Å². The number of rotatable bonds is 5. The Morgan fingerprint density at radius 2 is 2.14 bits per heavy atom. The van der Waals surface area contributed by atoms with E-state index < -0.39 is 23.1 Å². The summed E-state index contributed by atoms with van der Waals surface area (Å²) in [5.41, 5.74) is -0.747. The van der Waals surface area contributed by atoms with Gasteiger partial charge >= 0.3 is 11.6 Å². The zero-order chi connectivity index (χ0) is 15.4. The maximum atomic E-state index is 11.7. The number of unbranched alkanes of at least 4 members (excludes halogenated alkanes) is 1. The molecule has 0 saturated carbocycles. The molecule has 6 nitrogen and oxygen atoms in total. The standard InChI is InChI=1S/C15H16O6/c1-3-4-7-19-10-5-6-11-12(8-10)21-15(18)14(13(11)17)20-9(2)16/h5-6,8,17H,3-4,7H2,1-2H3. The van der Waals surface area contributed by atoms with Crippen molar-refractivity contribution in [2.24, 2.45) is 0 Å². The molecule has 2 aromatic rings. The highest BCUT2D eigenvalue weighted by molar-refractivity contribution is 5.87. The average molecular weight is 292 g/mol. The lowest BCUT2D eigenvalue weighted by Gasteiger charge is -2.08. The molecule has 0 bridgehead atoms. The Bertz CT molecular complexity index is 716. The van der Waals surface area contributed by atoms with E-state index in [2.05, 4.69) is 11.7 Å². The molecule has 112 valence electrons. The third kappa shape index (κ3) is 3.34. The largest absolute Gasteiger partial charge is 0.504 e. The maximum absolute atomic E-state index is 11.7. The van der Waals surface area contributed by atoms with Crippen molar-refractivity contribution in [1.82, 2.24) is 0 Å². The van der Waals surface area contributed by atoms with Crippen LogP contribution in [0, 0.1) is 0 Å². The second-order valence-electron chi connectivity index (χ2n) is 4.52. The van der Waals surface area contributed by atoms with Crippen LogP contribution in [-0.2, 0) is 4.79 Å². The van der Waals surface area contributed by atoms with Gasteiger partial charge in [-0.25, -0.2) is 4.79 Å². The molecule has 0 amide bonds. The summed E-state index contributed by atoms with van der Waals surface area (Å²) in [6, 6.07) is 4.71. The summed E-state index contributed by atoms with van der Waals surface area (Å²) in [6.45, 7) is 3.74. The van der Waals surface area contributed by atoms with Crippen molar-refractivity contribution in [2.45, 2.75) is 26.7 Å². The Balaban J connectivity index is 2.41. The monoisotopic (exact) mass is 292 g/mol. The highest BCUT2D eigenvalue weighted by Crippen LogP contribution is 2.33. The summed E-state index contributed by atoms with van der Waals surface area (Å²) in [4.78, 5) is 22.6.